The third-order valence-electron chi connectivity index (χ3n) is 6.11. The van der Waals surface area contributed by atoms with Gasteiger partial charge in [0.1, 0.15) is 17.5 Å². The molecule has 1 aromatic rings. The Hall–Kier alpha value is -3.70. The number of carbonyl (C=O) groups excluding carboxylic acids is 4. The van der Waals surface area contributed by atoms with Crippen LogP contribution in [0.15, 0.2) is 40.5 Å². The summed E-state index contributed by atoms with van der Waals surface area (Å²) in [5.41, 5.74) is 6.35. The van der Waals surface area contributed by atoms with Gasteiger partial charge in [-0.15, -0.1) is 0 Å². The maximum atomic E-state index is 13.4. The lowest BCUT2D eigenvalue weighted by Crippen LogP contribution is -2.76. The molecule has 0 fully saturated rings. The van der Waals surface area contributed by atoms with Gasteiger partial charge in [0.15, 0.2) is 24.0 Å². The highest BCUT2D eigenvalue weighted by molar-refractivity contribution is 6.31. The van der Waals surface area contributed by atoms with E-state index in [0.29, 0.717) is 0 Å². The minimum Gasteiger partial charge on any atom is -0.508 e. The monoisotopic (exact) mass is 456 g/mol. The van der Waals surface area contributed by atoms with Crippen molar-refractivity contribution in [3.05, 3.63) is 57.1 Å². The number of rotatable bonds is 3. The predicted molar refractivity (Wildman–Crippen MR) is 107 cm³/mol. The molecule has 0 saturated heterocycles. The summed E-state index contributed by atoms with van der Waals surface area (Å²) < 4.78 is 10.4. The second kappa shape index (κ2) is 7.42. The quantitative estimate of drug-likeness (QED) is 0.322. The summed E-state index contributed by atoms with van der Waals surface area (Å²) in [6.45, 7) is 3.24. The largest absolute Gasteiger partial charge is 0.508 e. The molecule has 4 rings (SSSR count). The molecule has 3 aliphatic rings. The molecule has 3 aliphatic carbocycles. The van der Waals surface area contributed by atoms with E-state index in [9.17, 15) is 40.0 Å². The molecule has 172 valence electrons. The van der Waals surface area contributed by atoms with E-state index in [4.69, 9.17) is 9.47 Å². The number of hydrogen-bond acceptors (Lipinski definition) is 9. The molecule has 0 spiro atoms. The fourth-order valence-electron chi connectivity index (χ4n) is 4.86. The van der Waals surface area contributed by atoms with Crippen LogP contribution in [-0.4, -0.2) is 68.8 Å². The molecule has 4 N–H and O–H groups in total. The van der Waals surface area contributed by atoms with Crippen LogP contribution in [0.4, 0.5) is 0 Å². The van der Waals surface area contributed by atoms with Crippen molar-refractivity contribution >= 4 is 23.5 Å². The van der Waals surface area contributed by atoms with Crippen LogP contribution in [0.3, 0.4) is 0 Å². The Bertz CT molecular complexity index is 1210. The normalized spacial score (nSPS) is 30.5. The molecular formula is C22H20N2O9. The van der Waals surface area contributed by atoms with Gasteiger partial charge in [-0.3, -0.25) is 19.2 Å². The van der Waals surface area contributed by atoms with Gasteiger partial charge in [0.25, 0.3) is 0 Å². The number of carbonyl (C=O) groups is 4. The van der Waals surface area contributed by atoms with Crippen LogP contribution in [0.5, 0.6) is 5.75 Å². The zero-order chi connectivity index (χ0) is 24.4. The smallest absolute Gasteiger partial charge is 0.303 e. The van der Waals surface area contributed by atoms with Crippen molar-refractivity contribution in [1.29, 1.82) is 0 Å². The number of phenolic OH excluding ortho intramolecular Hbond substituents is 1. The Morgan fingerprint density at radius 3 is 2.30 bits per heavy atom. The van der Waals surface area contributed by atoms with Crippen LogP contribution in [0.25, 0.3) is 5.53 Å². The molecule has 0 bridgehead atoms. The van der Waals surface area contributed by atoms with Gasteiger partial charge in [-0.05, 0) is 13.0 Å². The molecule has 0 amide bonds. The summed E-state index contributed by atoms with van der Waals surface area (Å²) in [7, 11) is 0. The standard InChI is InChI=1S/C22H20N2O9/c1-7(25)32-20-15-13(19(30)21(22(20,3)31)33-8(2)26)12-14(16(15)24-23)18(29)11-9(17(12)28)5-4-6-10(11)27/h4-6,16,19-21,24,27,30-31H,1-3H3/t16?,19-,20-,21+,22+/m1/s1. The van der Waals surface area contributed by atoms with Crippen molar-refractivity contribution in [3.8, 4) is 5.75 Å². The number of aromatic hydroxyl groups is 1. The molecule has 1 aromatic carbocycles. The lowest BCUT2D eigenvalue weighted by atomic mass is 9.73. The lowest BCUT2D eigenvalue weighted by Gasteiger charge is -2.45. The number of hydrogen-bond donors (Lipinski definition) is 4. The van der Waals surface area contributed by atoms with Crippen molar-refractivity contribution in [2.24, 2.45) is 0 Å². The third kappa shape index (κ3) is 3.04. The van der Waals surface area contributed by atoms with Gasteiger partial charge < -0.3 is 35.4 Å². The highest BCUT2D eigenvalue weighted by atomic mass is 16.6. The first-order chi connectivity index (χ1) is 15.4. The van der Waals surface area contributed by atoms with Crippen molar-refractivity contribution < 1.29 is 49.1 Å². The third-order valence-corrected chi connectivity index (χ3v) is 6.11. The van der Waals surface area contributed by atoms with E-state index in [1.807, 2.05) is 5.11 Å². The average molecular weight is 456 g/mol. The Kier molecular flexibility index (Phi) is 5.06. The summed E-state index contributed by atoms with van der Waals surface area (Å²) in [6.07, 6.45) is -5.12. The summed E-state index contributed by atoms with van der Waals surface area (Å²) in [5, 5.41) is 34.5. The second-order valence-electron chi connectivity index (χ2n) is 8.27. The number of ketones is 2. The van der Waals surface area contributed by atoms with E-state index in [-0.39, 0.29) is 33.4 Å². The average Bonchev–Trinajstić information content (AvgIpc) is 3.07. The van der Waals surface area contributed by atoms with E-state index < -0.39 is 59.2 Å². The summed E-state index contributed by atoms with van der Waals surface area (Å²) in [4.78, 5) is 50.3. The molecule has 0 saturated carbocycles. The predicted octanol–water partition coefficient (Wildman–Crippen LogP) is -1.16. The molecule has 11 nitrogen and oxygen atoms in total. The SMILES string of the molecule is CC(=O)O[C@@H]1C2=C(C3=C(C(=O)c4c(O)cccc4C3=O)C2[NH+]=[N-])[C@@H](O)[C@H](OC(C)=O)[C@@]1(C)O. The van der Waals surface area contributed by atoms with E-state index in [0.717, 1.165) is 20.8 Å². The van der Waals surface area contributed by atoms with Gasteiger partial charge >= 0.3 is 11.9 Å². The number of fused-ring (bicyclic) bond motifs is 2. The van der Waals surface area contributed by atoms with Crippen LogP contribution in [0.2, 0.25) is 0 Å². The molecule has 1 unspecified atom stereocenters. The second-order valence-corrected chi connectivity index (χ2v) is 8.27. The molecule has 0 heterocycles. The lowest BCUT2D eigenvalue weighted by molar-refractivity contribution is -0.504. The first-order valence-corrected chi connectivity index (χ1v) is 9.97. The van der Waals surface area contributed by atoms with Crippen molar-refractivity contribution in [2.45, 2.75) is 50.7 Å². The maximum absolute atomic E-state index is 13.4. The van der Waals surface area contributed by atoms with Crippen molar-refractivity contribution in [1.82, 2.24) is 0 Å². The Morgan fingerprint density at radius 2 is 1.73 bits per heavy atom. The number of benzene rings is 1. The van der Waals surface area contributed by atoms with Crippen LogP contribution in [-0.2, 0) is 19.1 Å². The number of ether oxygens (including phenoxy) is 2. The van der Waals surface area contributed by atoms with Crippen LogP contribution < -0.4 is 5.11 Å². The van der Waals surface area contributed by atoms with Crippen molar-refractivity contribution in [3.63, 3.8) is 0 Å². The zero-order valence-corrected chi connectivity index (χ0v) is 17.8. The Labute approximate surface area is 186 Å². The van der Waals surface area contributed by atoms with Crippen LogP contribution in [0, 0.1) is 0 Å². The van der Waals surface area contributed by atoms with E-state index >= 15 is 0 Å². The van der Waals surface area contributed by atoms with Gasteiger partial charge in [0.05, 0.1) is 16.7 Å². The number of esters is 2. The molecule has 0 aliphatic heterocycles. The summed E-state index contributed by atoms with van der Waals surface area (Å²) in [6, 6.07) is 2.43. The molecule has 5 atom stereocenters. The fraction of sp³-hybridized carbons (Fsp3) is 0.364. The highest BCUT2D eigenvalue weighted by Gasteiger charge is 2.62. The minimum atomic E-state index is -2.21. The molecule has 0 radical (unpaired) electrons. The molecular weight excluding hydrogens is 436 g/mol. The number of aliphatic hydroxyl groups is 2. The summed E-state index contributed by atoms with van der Waals surface area (Å²) in [5.74, 6) is -3.73. The van der Waals surface area contributed by atoms with E-state index in [2.05, 4.69) is 0 Å². The van der Waals surface area contributed by atoms with Gasteiger partial charge in [-0.2, -0.15) is 0 Å². The van der Waals surface area contributed by atoms with Gasteiger partial charge in [0.2, 0.25) is 5.78 Å². The number of Topliss-reactive ketones (excluding diaryl/α,β-unsaturated/α-hetero) is 2. The first kappa shape index (κ1) is 22.5. The maximum Gasteiger partial charge on any atom is 0.303 e. The van der Waals surface area contributed by atoms with Gasteiger partial charge in [-0.1, -0.05) is 12.1 Å². The molecule has 11 heteroatoms. The first-order valence-electron chi connectivity index (χ1n) is 9.97. The number of nitrogens with one attached hydrogen (secondary N) is 1. The van der Waals surface area contributed by atoms with E-state index in [1.54, 1.807) is 0 Å². The van der Waals surface area contributed by atoms with Crippen molar-refractivity contribution in [2.75, 3.05) is 0 Å². The summed E-state index contributed by atoms with van der Waals surface area (Å²) >= 11 is 0. The molecule has 0 aromatic heterocycles. The topological polar surface area (TPSA) is 184 Å². The zero-order valence-electron chi connectivity index (χ0n) is 17.8. The number of aliphatic hydroxyl groups excluding tert-OH is 1. The number of phenols is 1. The Morgan fingerprint density at radius 1 is 1.09 bits per heavy atom. The molecule has 33 heavy (non-hydrogen) atoms. The number of nitrogens with zero attached hydrogens (tertiary/aromatic N) is 1. The minimum absolute atomic E-state index is 0.137. The van der Waals surface area contributed by atoms with Gasteiger partial charge in [0, 0.05) is 30.6 Å². The highest BCUT2D eigenvalue weighted by Crippen LogP contribution is 2.50. The fourth-order valence-corrected chi connectivity index (χ4v) is 4.86. The van der Waals surface area contributed by atoms with Crippen LogP contribution in [0.1, 0.15) is 41.5 Å². The Balaban J connectivity index is 2.01. The van der Waals surface area contributed by atoms with Gasteiger partial charge in [-0.25, -0.2) is 0 Å². The van der Waals surface area contributed by atoms with E-state index in [1.165, 1.54) is 18.2 Å². The van der Waals surface area contributed by atoms with Crippen LogP contribution >= 0.6 is 0 Å².